The van der Waals surface area contributed by atoms with Crippen LogP contribution in [0.2, 0.25) is 0 Å². The predicted octanol–water partition coefficient (Wildman–Crippen LogP) is 2.63. The molecule has 0 saturated carbocycles. The lowest BCUT2D eigenvalue weighted by Crippen LogP contribution is -2.41. The minimum absolute atomic E-state index is 0.0690. The molecule has 0 bridgehead atoms. The monoisotopic (exact) mass is 368 g/mol. The standard InChI is InChI=1S/C20H17FN2O4/c1-13-4-9-17(24)23(12-13)18(19(25)14-5-7-15(21)8-6-14)20(26)22-11-16-3-2-10-27-16/h2-10,12,18H,11H2,1H3,(H,22,26)/t18-/m1/s1. The lowest BCUT2D eigenvalue weighted by molar-refractivity contribution is -0.123. The van der Waals surface area contributed by atoms with Gasteiger partial charge >= 0.3 is 0 Å². The highest BCUT2D eigenvalue weighted by molar-refractivity contribution is 6.11. The molecule has 0 saturated heterocycles. The molecule has 0 fully saturated rings. The zero-order valence-corrected chi connectivity index (χ0v) is 14.5. The van der Waals surface area contributed by atoms with Crippen LogP contribution in [-0.4, -0.2) is 16.3 Å². The molecule has 0 aliphatic heterocycles. The van der Waals surface area contributed by atoms with Crippen LogP contribution in [0.25, 0.3) is 0 Å². The second-order valence-electron chi connectivity index (χ2n) is 6.02. The first-order chi connectivity index (χ1) is 13.0. The number of aryl methyl sites for hydroxylation is 1. The molecule has 3 aromatic rings. The molecule has 27 heavy (non-hydrogen) atoms. The van der Waals surface area contributed by atoms with E-state index in [1.54, 1.807) is 25.1 Å². The summed E-state index contributed by atoms with van der Waals surface area (Å²) in [6, 6.07) is 9.64. The fourth-order valence-corrected chi connectivity index (χ4v) is 2.64. The van der Waals surface area contributed by atoms with Crippen molar-refractivity contribution in [1.29, 1.82) is 0 Å². The average Bonchev–Trinajstić information content (AvgIpc) is 3.17. The Bertz CT molecular complexity index is 1010. The first-order valence-electron chi connectivity index (χ1n) is 8.24. The minimum atomic E-state index is -1.42. The molecule has 0 unspecified atom stereocenters. The third-order valence-electron chi connectivity index (χ3n) is 4.01. The predicted molar refractivity (Wildman–Crippen MR) is 95.8 cm³/mol. The summed E-state index contributed by atoms with van der Waals surface area (Å²) >= 11 is 0. The highest BCUT2D eigenvalue weighted by atomic mass is 19.1. The van der Waals surface area contributed by atoms with Gasteiger partial charge in [0.1, 0.15) is 11.6 Å². The van der Waals surface area contributed by atoms with E-state index < -0.39 is 29.1 Å². The molecule has 0 spiro atoms. The van der Waals surface area contributed by atoms with Gasteiger partial charge in [-0.1, -0.05) is 6.07 Å². The van der Waals surface area contributed by atoms with Crippen molar-refractivity contribution in [1.82, 2.24) is 9.88 Å². The molecule has 138 valence electrons. The second-order valence-corrected chi connectivity index (χ2v) is 6.02. The molecule has 7 heteroatoms. The Morgan fingerprint density at radius 2 is 1.89 bits per heavy atom. The maximum atomic E-state index is 13.2. The summed E-state index contributed by atoms with van der Waals surface area (Å²) in [5, 5.41) is 2.61. The van der Waals surface area contributed by atoms with E-state index in [1.807, 2.05) is 0 Å². The SMILES string of the molecule is Cc1ccc(=O)n([C@@H](C(=O)NCc2ccco2)C(=O)c2ccc(F)cc2)c1. The molecule has 0 aliphatic rings. The van der Waals surface area contributed by atoms with Crippen molar-refractivity contribution in [3.8, 4) is 0 Å². The molecular formula is C20H17FN2O4. The second kappa shape index (κ2) is 7.82. The normalized spacial score (nSPS) is 11.8. The van der Waals surface area contributed by atoms with Crippen LogP contribution in [-0.2, 0) is 11.3 Å². The largest absolute Gasteiger partial charge is 0.467 e. The molecule has 1 aromatic carbocycles. The van der Waals surface area contributed by atoms with Crippen LogP contribution in [0.5, 0.6) is 0 Å². The van der Waals surface area contributed by atoms with Gasteiger partial charge in [0.15, 0.2) is 11.8 Å². The first kappa shape index (κ1) is 18.3. The number of pyridine rings is 1. The maximum Gasteiger partial charge on any atom is 0.251 e. The Morgan fingerprint density at radius 3 is 2.56 bits per heavy atom. The fraction of sp³-hybridized carbons (Fsp3) is 0.150. The van der Waals surface area contributed by atoms with Gasteiger partial charge < -0.3 is 9.73 Å². The summed E-state index contributed by atoms with van der Waals surface area (Å²) < 4.78 is 19.4. The van der Waals surface area contributed by atoms with E-state index in [0.717, 1.165) is 16.7 Å². The van der Waals surface area contributed by atoms with Gasteiger partial charge in [0.25, 0.3) is 11.5 Å². The van der Waals surface area contributed by atoms with E-state index in [4.69, 9.17) is 4.42 Å². The van der Waals surface area contributed by atoms with Crippen LogP contribution in [0.4, 0.5) is 4.39 Å². The van der Waals surface area contributed by atoms with Crippen molar-refractivity contribution < 1.29 is 18.4 Å². The van der Waals surface area contributed by atoms with Crippen molar-refractivity contribution in [3.05, 3.63) is 94.0 Å². The summed E-state index contributed by atoms with van der Waals surface area (Å²) in [7, 11) is 0. The highest BCUT2D eigenvalue weighted by Gasteiger charge is 2.30. The van der Waals surface area contributed by atoms with Crippen LogP contribution >= 0.6 is 0 Å². The number of carbonyl (C=O) groups excluding carboxylic acids is 2. The summed E-state index contributed by atoms with van der Waals surface area (Å²) in [6.07, 6.45) is 2.91. The summed E-state index contributed by atoms with van der Waals surface area (Å²) in [5.41, 5.74) is 0.350. The smallest absolute Gasteiger partial charge is 0.251 e. The average molecular weight is 368 g/mol. The van der Waals surface area contributed by atoms with Crippen molar-refractivity contribution in [2.45, 2.75) is 19.5 Å². The maximum absolute atomic E-state index is 13.2. The highest BCUT2D eigenvalue weighted by Crippen LogP contribution is 2.16. The van der Waals surface area contributed by atoms with Gasteiger partial charge in [-0.3, -0.25) is 19.0 Å². The lowest BCUT2D eigenvalue weighted by Gasteiger charge is -2.19. The quantitative estimate of drug-likeness (QED) is 0.536. The molecule has 0 aliphatic carbocycles. The van der Waals surface area contributed by atoms with Gasteiger partial charge in [0.2, 0.25) is 0 Å². The number of ketones is 1. The zero-order chi connectivity index (χ0) is 19.4. The van der Waals surface area contributed by atoms with Gasteiger partial charge in [-0.25, -0.2) is 4.39 Å². The third-order valence-corrected chi connectivity index (χ3v) is 4.01. The number of benzene rings is 1. The van der Waals surface area contributed by atoms with Crippen LogP contribution in [0.1, 0.15) is 27.7 Å². The molecule has 1 N–H and O–H groups in total. The van der Waals surface area contributed by atoms with Gasteiger partial charge in [-0.05, 0) is 48.9 Å². The van der Waals surface area contributed by atoms with E-state index in [2.05, 4.69) is 5.32 Å². The van der Waals surface area contributed by atoms with E-state index in [-0.39, 0.29) is 12.1 Å². The molecule has 6 nitrogen and oxygen atoms in total. The van der Waals surface area contributed by atoms with Crippen LogP contribution in [0, 0.1) is 12.7 Å². The molecule has 2 aromatic heterocycles. The van der Waals surface area contributed by atoms with Crippen LogP contribution in [0.3, 0.4) is 0 Å². The molecule has 3 rings (SSSR count). The van der Waals surface area contributed by atoms with Crippen molar-refractivity contribution in [2.75, 3.05) is 0 Å². The summed E-state index contributed by atoms with van der Waals surface area (Å²) in [4.78, 5) is 38.0. The number of furan rings is 1. The summed E-state index contributed by atoms with van der Waals surface area (Å²) in [5.74, 6) is -1.26. The Labute approximate surface area is 154 Å². The van der Waals surface area contributed by atoms with E-state index in [0.29, 0.717) is 11.3 Å². The fourth-order valence-electron chi connectivity index (χ4n) is 2.64. The number of hydrogen-bond donors (Lipinski definition) is 1. The number of amides is 1. The van der Waals surface area contributed by atoms with Gasteiger partial charge in [-0.15, -0.1) is 0 Å². The third kappa shape index (κ3) is 4.20. The zero-order valence-electron chi connectivity index (χ0n) is 14.5. The number of carbonyl (C=O) groups is 2. The number of nitrogens with one attached hydrogen (secondary N) is 1. The van der Waals surface area contributed by atoms with Gasteiger partial charge in [-0.2, -0.15) is 0 Å². The molecule has 2 heterocycles. The Kier molecular flexibility index (Phi) is 5.30. The first-order valence-corrected chi connectivity index (χ1v) is 8.24. The lowest BCUT2D eigenvalue weighted by atomic mass is 10.0. The molecule has 0 radical (unpaired) electrons. The van der Waals surface area contributed by atoms with Crippen LogP contribution < -0.4 is 10.9 Å². The number of nitrogens with zero attached hydrogens (tertiary/aromatic N) is 1. The van der Waals surface area contributed by atoms with E-state index in [1.165, 1.54) is 30.7 Å². The Balaban J connectivity index is 1.96. The summed E-state index contributed by atoms with van der Waals surface area (Å²) in [6.45, 7) is 1.82. The molecular weight excluding hydrogens is 351 g/mol. The Morgan fingerprint density at radius 1 is 1.15 bits per heavy atom. The van der Waals surface area contributed by atoms with Crippen molar-refractivity contribution in [3.63, 3.8) is 0 Å². The van der Waals surface area contributed by atoms with Gasteiger partial charge in [0, 0.05) is 17.8 Å². The number of halogens is 1. The van der Waals surface area contributed by atoms with Crippen molar-refractivity contribution in [2.24, 2.45) is 0 Å². The number of Topliss-reactive ketones (excluding diaryl/α,β-unsaturated/α-hetero) is 1. The topological polar surface area (TPSA) is 81.3 Å². The number of aromatic nitrogens is 1. The molecule has 1 atom stereocenters. The van der Waals surface area contributed by atoms with E-state index in [9.17, 15) is 18.8 Å². The van der Waals surface area contributed by atoms with Gasteiger partial charge in [0.05, 0.1) is 12.8 Å². The molecule has 1 amide bonds. The number of hydrogen-bond acceptors (Lipinski definition) is 4. The Hall–Kier alpha value is -3.48. The minimum Gasteiger partial charge on any atom is -0.467 e. The van der Waals surface area contributed by atoms with E-state index >= 15 is 0 Å². The van der Waals surface area contributed by atoms with Crippen LogP contribution in [0.15, 0.2) is 70.2 Å². The number of rotatable bonds is 6. The van der Waals surface area contributed by atoms with Crippen molar-refractivity contribution >= 4 is 11.7 Å².